The van der Waals surface area contributed by atoms with Gasteiger partial charge in [0.15, 0.2) is 0 Å². The minimum atomic E-state index is -0.0272. The third-order valence-corrected chi connectivity index (χ3v) is 3.63. The van der Waals surface area contributed by atoms with E-state index < -0.39 is 0 Å². The average molecular weight is 261 g/mol. The van der Waals surface area contributed by atoms with Crippen LogP contribution in [0.1, 0.15) is 12.7 Å². The predicted octanol–water partition coefficient (Wildman–Crippen LogP) is 1.12. The van der Waals surface area contributed by atoms with Crippen LogP contribution in [0, 0.1) is 0 Å². The number of hydrogen-bond acceptors (Lipinski definition) is 5. The van der Waals surface area contributed by atoms with Crippen LogP contribution in [-0.2, 0) is 13.1 Å². The zero-order chi connectivity index (χ0) is 12.5. The van der Waals surface area contributed by atoms with Gasteiger partial charge in [0.1, 0.15) is 16.9 Å². The van der Waals surface area contributed by atoms with Crippen molar-refractivity contribution in [3.05, 3.63) is 40.3 Å². The van der Waals surface area contributed by atoms with E-state index in [0.717, 1.165) is 17.9 Å². The Bertz CT molecular complexity index is 741. The molecule has 0 spiro atoms. The van der Waals surface area contributed by atoms with E-state index in [0.29, 0.717) is 11.2 Å². The minimum absolute atomic E-state index is 0.0272. The molecule has 0 radical (unpaired) electrons. The van der Waals surface area contributed by atoms with Gasteiger partial charge in [-0.15, -0.1) is 11.3 Å². The highest BCUT2D eigenvalue weighted by molar-refractivity contribution is 7.17. The zero-order valence-corrected chi connectivity index (χ0v) is 10.6. The van der Waals surface area contributed by atoms with Crippen LogP contribution in [0.2, 0.25) is 0 Å². The number of nitrogens with zero attached hydrogens (tertiary/aromatic N) is 5. The zero-order valence-electron chi connectivity index (χ0n) is 9.78. The lowest BCUT2D eigenvalue weighted by molar-refractivity contribution is 0.584. The van der Waals surface area contributed by atoms with Crippen LogP contribution < -0.4 is 5.56 Å². The molecule has 0 aliphatic rings. The molecular formula is C11H11N5OS. The van der Waals surface area contributed by atoms with Crippen LogP contribution in [0.4, 0.5) is 0 Å². The fourth-order valence-electron chi connectivity index (χ4n) is 1.82. The summed E-state index contributed by atoms with van der Waals surface area (Å²) in [4.78, 5) is 20.6. The first-order chi connectivity index (χ1) is 8.79. The second-order valence-corrected chi connectivity index (χ2v) is 4.72. The molecule has 0 amide bonds. The third-order valence-electron chi connectivity index (χ3n) is 2.74. The molecule has 3 aromatic heterocycles. The average Bonchev–Trinajstić information content (AvgIpc) is 3.01. The van der Waals surface area contributed by atoms with Crippen LogP contribution >= 0.6 is 11.3 Å². The number of fused-ring (bicyclic) bond motifs is 1. The van der Waals surface area contributed by atoms with Gasteiger partial charge in [0.25, 0.3) is 5.56 Å². The Morgan fingerprint density at radius 3 is 3.11 bits per heavy atom. The van der Waals surface area contributed by atoms with Gasteiger partial charge in [0.2, 0.25) is 0 Å². The normalized spacial score (nSPS) is 11.2. The van der Waals surface area contributed by atoms with Crippen molar-refractivity contribution in [2.24, 2.45) is 0 Å². The fourth-order valence-corrected chi connectivity index (χ4v) is 2.61. The predicted molar refractivity (Wildman–Crippen MR) is 68.7 cm³/mol. The van der Waals surface area contributed by atoms with Crippen molar-refractivity contribution in [1.29, 1.82) is 0 Å². The molecular weight excluding hydrogens is 250 g/mol. The summed E-state index contributed by atoms with van der Waals surface area (Å²) in [6.45, 7) is 3.12. The number of aromatic nitrogens is 5. The van der Waals surface area contributed by atoms with Crippen LogP contribution in [0.5, 0.6) is 0 Å². The Kier molecular flexibility index (Phi) is 2.67. The van der Waals surface area contributed by atoms with E-state index in [1.807, 2.05) is 18.4 Å². The third kappa shape index (κ3) is 1.72. The summed E-state index contributed by atoms with van der Waals surface area (Å²) in [5.41, 5.74) is 0.721. The highest BCUT2D eigenvalue weighted by Gasteiger charge is 2.08. The van der Waals surface area contributed by atoms with Gasteiger partial charge in [-0.2, -0.15) is 5.10 Å². The molecule has 0 fully saturated rings. The number of aryl methyl sites for hydroxylation is 1. The van der Waals surface area contributed by atoms with E-state index in [4.69, 9.17) is 0 Å². The number of thiophene rings is 1. The Hall–Kier alpha value is -2.02. The maximum atomic E-state index is 12.2. The lowest BCUT2D eigenvalue weighted by atomic mass is 10.4. The molecule has 3 aromatic rings. The van der Waals surface area contributed by atoms with Crippen molar-refractivity contribution in [3.8, 4) is 0 Å². The SMILES string of the molecule is CCn1ncnc1Cn1cnc2ccsc2c1=O. The summed E-state index contributed by atoms with van der Waals surface area (Å²) < 4.78 is 4.01. The molecule has 7 heteroatoms. The van der Waals surface area contributed by atoms with Gasteiger partial charge >= 0.3 is 0 Å². The maximum Gasteiger partial charge on any atom is 0.271 e. The van der Waals surface area contributed by atoms with Crippen molar-refractivity contribution in [3.63, 3.8) is 0 Å². The second kappa shape index (κ2) is 4.34. The van der Waals surface area contributed by atoms with Gasteiger partial charge in [0.05, 0.1) is 18.4 Å². The first-order valence-corrected chi connectivity index (χ1v) is 6.47. The van der Waals surface area contributed by atoms with Gasteiger partial charge in [-0.1, -0.05) is 0 Å². The van der Waals surface area contributed by atoms with Gasteiger partial charge in [-0.3, -0.25) is 9.36 Å². The molecule has 3 heterocycles. The van der Waals surface area contributed by atoms with E-state index >= 15 is 0 Å². The minimum Gasteiger partial charge on any atom is -0.290 e. The second-order valence-electron chi connectivity index (χ2n) is 3.80. The van der Waals surface area contributed by atoms with Crippen molar-refractivity contribution < 1.29 is 0 Å². The Morgan fingerprint density at radius 1 is 1.39 bits per heavy atom. The summed E-state index contributed by atoms with van der Waals surface area (Å²) >= 11 is 1.41. The molecule has 0 aliphatic heterocycles. The van der Waals surface area contributed by atoms with Crippen molar-refractivity contribution in [1.82, 2.24) is 24.3 Å². The van der Waals surface area contributed by atoms with Crippen LogP contribution in [-0.4, -0.2) is 24.3 Å². The monoisotopic (exact) mass is 261 g/mol. The molecule has 3 rings (SSSR count). The summed E-state index contributed by atoms with van der Waals surface area (Å²) in [5, 5.41) is 5.96. The topological polar surface area (TPSA) is 65.6 Å². The smallest absolute Gasteiger partial charge is 0.271 e. The first-order valence-electron chi connectivity index (χ1n) is 5.59. The van der Waals surface area contributed by atoms with Crippen molar-refractivity contribution in [2.75, 3.05) is 0 Å². The molecule has 0 aliphatic carbocycles. The van der Waals surface area contributed by atoms with Gasteiger partial charge in [-0.05, 0) is 18.4 Å². The summed E-state index contributed by atoms with van der Waals surface area (Å²) in [7, 11) is 0. The molecule has 0 unspecified atom stereocenters. The molecule has 0 saturated carbocycles. The highest BCUT2D eigenvalue weighted by atomic mass is 32.1. The number of rotatable bonds is 3. The van der Waals surface area contributed by atoms with E-state index in [1.54, 1.807) is 15.6 Å². The van der Waals surface area contributed by atoms with E-state index in [-0.39, 0.29) is 5.56 Å². The highest BCUT2D eigenvalue weighted by Crippen LogP contribution is 2.13. The van der Waals surface area contributed by atoms with E-state index in [1.165, 1.54) is 17.7 Å². The molecule has 18 heavy (non-hydrogen) atoms. The Labute approximate surface area is 107 Å². The lowest BCUT2D eigenvalue weighted by Crippen LogP contribution is -2.22. The lowest BCUT2D eigenvalue weighted by Gasteiger charge is -2.05. The molecule has 0 saturated heterocycles. The van der Waals surface area contributed by atoms with E-state index in [9.17, 15) is 4.79 Å². The molecule has 0 aromatic carbocycles. The first kappa shape index (κ1) is 11.1. The number of hydrogen-bond donors (Lipinski definition) is 0. The molecule has 0 N–H and O–H groups in total. The molecule has 6 nitrogen and oxygen atoms in total. The van der Waals surface area contributed by atoms with Gasteiger partial charge in [0, 0.05) is 6.54 Å². The van der Waals surface area contributed by atoms with Gasteiger partial charge < -0.3 is 0 Å². The van der Waals surface area contributed by atoms with Crippen LogP contribution in [0.25, 0.3) is 10.2 Å². The maximum absolute atomic E-state index is 12.2. The van der Waals surface area contributed by atoms with Crippen molar-refractivity contribution in [2.45, 2.75) is 20.0 Å². The summed E-state index contributed by atoms with van der Waals surface area (Å²) in [6.07, 6.45) is 3.06. The van der Waals surface area contributed by atoms with Gasteiger partial charge in [-0.25, -0.2) is 14.6 Å². The largest absolute Gasteiger partial charge is 0.290 e. The van der Waals surface area contributed by atoms with E-state index in [2.05, 4.69) is 15.1 Å². The summed E-state index contributed by atoms with van der Waals surface area (Å²) in [5.74, 6) is 0.761. The Balaban J connectivity index is 2.05. The van der Waals surface area contributed by atoms with Crippen molar-refractivity contribution >= 4 is 21.6 Å². The molecule has 0 bridgehead atoms. The standard InChI is InChI=1S/C11H11N5OS/c1-2-16-9(12-6-14-16)5-15-7-13-8-3-4-18-10(8)11(15)17/h3-4,6-7H,2,5H2,1H3. The molecule has 92 valence electrons. The summed E-state index contributed by atoms with van der Waals surface area (Å²) in [6, 6.07) is 1.85. The van der Waals surface area contributed by atoms with Crippen LogP contribution in [0.15, 0.2) is 28.9 Å². The molecule has 0 atom stereocenters. The van der Waals surface area contributed by atoms with Crippen LogP contribution in [0.3, 0.4) is 0 Å². The fraction of sp³-hybridized carbons (Fsp3) is 0.273. The Morgan fingerprint density at radius 2 is 2.28 bits per heavy atom. The quantitative estimate of drug-likeness (QED) is 0.708.